The lowest BCUT2D eigenvalue weighted by molar-refractivity contribution is 0.414. The number of rotatable bonds is 4. The molecule has 0 saturated heterocycles. The minimum absolute atomic E-state index is 0.414. The fraction of sp³-hybridized carbons (Fsp3) is 0.538. The number of thioether (sulfide) groups is 1. The maximum absolute atomic E-state index is 5.12. The van der Waals surface area contributed by atoms with Gasteiger partial charge in [0.2, 0.25) is 0 Å². The Balaban J connectivity index is 2.38. The van der Waals surface area contributed by atoms with Gasteiger partial charge in [0.05, 0.1) is 7.11 Å². The van der Waals surface area contributed by atoms with Crippen molar-refractivity contribution in [3.05, 3.63) is 29.8 Å². The molecule has 2 heteroatoms. The number of benzene rings is 1. The van der Waals surface area contributed by atoms with Crippen LogP contribution in [-0.2, 0) is 5.75 Å². The molecule has 1 rings (SSSR count). The summed E-state index contributed by atoms with van der Waals surface area (Å²) in [5.41, 5.74) is 1.78. The third-order valence-electron chi connectivity index (χ3n) is 1.96. The minimum atomic E-state index is 0.414. The molecule has 0 aliphatic rings. The van der Waals surface area contributed by atoms with Crippen LogP contribution in [0.3, 0.4) is 0 Å². The average Bonchev–Trinajstić information content (AvgIpc) is 2.17. The van der Waals surface area contributed by atoms with E-state index in [1.54, 1.807) is 7.11 Å². The van der Waals surface area contributed by atoms with Crippen molar-refractivity contribution in [2.75, 3.05) is 12.9 Å². The van der Waals surface area contributed by atoms with E-state index in [2.05, 4.69) is 32.9 Å². The van der Waals surface area contributed by atoms with Crippen molar-refractivity contribution in [1.29, 1.82) is 0 Å². The summed E-state index contributed by atoms with van der Waals surface area (Å²) >= 11 is 1.99. The average molecular weight is 224 g/mol. The number of methoxy groups -OCH3 is 1. The molecule has 0 radical (unpaired) electrons. The Kier molecular flexibility index (Phi) is 4.52. The van der Waals surface area contributed by atoms with Crippen molar-refractivity contribution in [1.82, 2.24) is 0 Å². The van der Waals surface area contributed by atoms with Crippen LogP contribution in [0.4, 0.5) is 0 Å². The van der Waals surface area contributed by atoms with E-state index < -0.39 is 0 Å². The van der Waals surface area contributed by atoms with Crippen LogP contribution in [-0.4, -0.2) is 12.9 Å². The molecule has 0 saturated carbocycles. The highest BCUT2D eigenvalue weighted by Crippen LogP contribution is 2.24. The van der Waals surface area contributed by atoms with Crippen molar-refractivity contribution in [2.45, 2.75) is 26.5 Å². The zero-order valence-electron chi connectivity index (χ0n) is 10.0. The first-order chi connectivity index (χ1) is 7.01. The van der Waals surface area contributed by atoms with Gasteiger partial charge < -0.3 is 4.74 Å². The molecule has 1 aromatic rings. The van der Waals surface area contributed by atoms with E-state index in [0.29, 0.717) is 5.41 Å². The molecule has 0 heterocycles. The van der Waals surface area contributed by atoms with Gasteiger partial charge in [-0.25, -0.2) is 0 Å². The topological polar surface area (TPSA) is 9.23 Å². The third kappa shape index (κ3) is 5.12. The molecule has 84 valence electrons. The van der Waals surface area contributed by atoms with Gasteiger partial charge in [-0.05, 0) is 28.9 Å². The van der Waals surface area contributed by atoms with Crippen LogP contribution < -0.4 is 4.74 Å². The van der Waals surface area contributed by atoms with E-state index in [9.17, 15) is 0 Å². The number of ether oxygens (including phenoxy) is 1. The standard InChI is InChI=1S/C13H20OS/c1-13(2,3)10-15-9-11-5-7-12(14-4)8-6-11/h5-8H,9-10H2,1-4H3. The smallest absolute Gasteiger partial charge is 0.118 e. The Morgan fingerprint density at radius 3 is 2.20 bits per heavy atom. The first-order valence-corrected chi connectivity index (χ1v) is 6.37. The molecule has 0 atom stereocenters. The molecular weight excluding hydrogens is 204 g/mol. The molecule has 1 aromatic carbocycles. The highest BCUT2D eigenvalue weighted by Gasteiger charge is 2.09. The van der Waals surface area contributed by atoms with E-state index in [1.165, 1.54) is 11.3 Å². The molecule has 0 spiro atoms. The lowest BCUT2D eigenvalue weighted by Crippen LogP contribution is -2.08. The minimum Gasteiger partial charge on any atom is -0.497 e. The quantitative estimate of drug-likeness (QED) is 0.765. The largest absolute Gasteiger partial charge is 0.497 e. The fourth-order valence-electron chi connectivity index (χ4n) is 1.20. The van der Waals surface area contributed by atoms with Crippen LogP contribution in [0.1, 0.15) is 26.3 Å². The van der Waals surface area contributed by atoms with E-state index in [4.69, 9.17) is 4.74 Å². The molecule has 15 heavy (non-hydrogen) atoms. The lowest BCUT2D eigenvalue weighted by atomic mass is 10.0. The molecule has 0 N–H and O–H groups in total. The Morgan fingerprint density at radius 2 is 1.73 bits per heavy atom. The SMILES string of the molecule is COc1ccc(CSCC(C)(C)C)cc1. The van der Waals surface area contributed by atoms with Gasteiger partial charge in [0, 0.05) is 5.75 Å². The summed E-state index contributed by atoms with van der Waals surface area (Å²) in [5.74, 6) is 3.21. The number of hydrogen-bond donors (Lipinski definition) is 0. The Bertz CT molecular complexity index is 284. The molecule has 0 aliphatic heterocycles. The maximum atomic E-state index is 5.12. The second kappa shape index (κ2) is 5.45. The van der Waals surface area contributed by atoms with Crippen molar-refractivity contribution in [2.24, 2.45) is 5.41 Å². The highest BCUT2D eigenvalue weighted by atomic mass is 32.2. The molecular formula is C13H20OS. The highest BCUT2D eigenvalue weighted by molar-refractivity contribution is 7.98. The Labute approximate surface area is 97.2 Å². The van der Waals surface area contributed by atoms with Crippen LogP contribution in [0.2, 0.25) is 0 Å². The predicted molar refractivity (Wildman–Crippen MR) is 68.6 cm³/mol. The van der Waals surface area contributed by atoms with Crippen LogP contribution in [0.25, 0.3) is 0 Å². The predicted octanol–water partition coefficient (Wildman–Crippen LogP) is 3.97. The molecule has 0 amide bonds. The second-order valence-corrected chi connectivity index (χ2v) is 5.89. The van der Waals surface area contributed by atoms with Crippen LogP contribution in [0, 0.1) is 5.41 Å². The third-order valence-corrected chi connectivity index (χ3v) is 3.57. The zero-order valence-corrected chi connectivity index (χ0v) is 10.9. The lowest BCUT2D eigenvalue weighted by Gasteiger charge is -2.17. The van der Waals surface area contributed by atoms with Crippen LogP contribution in [0.5, 0.6) is 5.75 Å². The summed E-state index contributed by atoms with van der Waals surface area (Å²) < 4.78 is 5.12. The van der Waals surface area contributed by atoms with Gasteiger partial charge in [-0.1, -0.05) is 32.9 Å². The normalized spacial score (nSPS) is 11.5. The van der Waals surface area contributed by atoms with Gasteiger partial charge in [0.15, 0.2) is 0 Å². The summed E-state index contributed by atoms with van der Waals surface area (Å²) in [4.78, 5) is 0. The number of hydrogen-bond acceptors (Lipinski definition) is 2. The van der Waals surface area contributed by atoms with Crippen LogP contribution >= 0.6 is 11.8 Å². The van der Waals surface area contributed by atoms with Crippen molar-refractivity contribution in [3.8, 4) is 5.75 Å². The summed E-state index contributed by atoms with van der Waals surface area (Å²) in [6, 6.07) is 8.31. The van der Waals surface area contributed by atoms with Gasteiger partial charge in [-0.3, -0.25) is 0 Å². The monoisotopic (exact) mass is 224 g/mol. The molecule has 0 aromatic heterocycles. The van der Waals surface area contributed by atoms with Gasteiger partial charge in [0.1, 0.15) is 5.75 Å². The van der Waals surface area contributed by atoms with Crippen molar-refractivity contribution < 1.29 is 4.74 Å². The first kappa shape index (κ1) is 12.4. The Morgan fingerprint density at radius 1 is 1.13 bits per heavy atom. The Hall–Kier alpha value is -0.630. The van der Waals surface area contributed by atoms with E-state index >= 15 is 0 Å². The van der Waals surface area contributed by atoms with E-state index in [0.717, 1.165) is 11.5 Å². The van der Waals surface area contributed by atoms with Gasteiger partial charge in [-0.2, -0.15) is 11.8 Å². The summed E-state index contributed by atoms with van der Waals surface area (Å²) in [6.45, 7) is 6.82. The summed E-state index contributed by atoms with van der Waals surface area (Å²) in [5, 5.41) is 0. The zero-order chi connectivity index (χ0) is 11.3. The van der Waals surface area contributed by atoms with Crippen LogP contribution in [0.15, 0.2) is 24.3 Å². The van der Waals surface area contributed by atoms with Crippen molar-refractivity contribution in [3.63, 3.8) is 0 Å². The molecule has 0 bridgehead atoms. The molecule has 0 unspecified atom stereocenters. The fourth-order valence-corrected chi connectivity index (χ4v) is 2.34. The van der Waals surface area contributed by atoms with Gasteiger partial charge in [0.25, 0.3) is 0 Å². The molecule has 0 aliphatic carbocycles. The maximum Gasteiger partial charge on any atom is 0.118 e. The van der Waals surface area contributed by atoms with Crippen molar-refractivity contribution >= 4 is 11.8 Å². The first-order valence-electron chi connectivity index (χ1n) is 5.22. The molecule has 1 nitrogen and oxygen atoms in total. The molecule has 0 fully saturated rings. The van der Waals surface area contributed by atoms with E-state index in [1.807, 2.05) is 23.9 Å². The second-order valence-electron chi connectivity index (χ2n) is 4.90. The summed E-state index contributed by atoms with van der Waals surface area (Å²) in [7, 11) is 1.70. The van der Waals surface area contributed by atoms with Gasteiger partial charge >= 0.3 is 0 Å². The van der Waals surface area contributed by atoms with Gasteiger partial charge in [-0.15, -0.1) is 0 Å². The van der Waals surface area contributed by atoms with E-state index in [-0.39, 0.29) is 0 Å². The summed E-state index contributed by atoms with van der Waals surface area (Å²) in [6.07, 6.45) is 0.